The van der Waals surface area contributed by atoms with Gasteiger partial charge in [-0.3, -0.25) is 11.3 Å². The Hall–Kier alpha value is -0.720. The minimum absolute atomic E-state index is 0.145. The molecule has 3 rings (SSSR count). The number of fused-ring (bicyclic) bond motifs is 1. The molecule has 2 heterocycles. The van der Waals surface area contributed by atoms with Crippen LogP contribution >= 0.6 is 38.6 Å². The van der Waals surface area contributed by atoms with Gasteiger partial charge in [-0.15, -0.1) is 22.7 Å². The van der Waals surface area contributed by atoms with Crippen molar-refractivity contribution in [3.63, 3.8) is 0 Å². The van der Waals surface area contributed by atoms with E-state index in [4.69, 9.17) is 5.84 Å². The molecule has 0 amide bonds. The number of nitrogens with one attached hydrogen (secondary N) is 1. The third-order valence-electron chi connectivity index (χ3n) is 3.17. The molecule has 0 spiro atoms. The van der Waals surface area contributed by atoms with Crippen LogP contribution in [0.1, 0.15) is 16.5 Å². The van der Waals surface area contributed by atoms with E-state index in [0.717, 1.165) is 10.9 Å². The molecule has 2 nitrogen and oxygen atoms in total. The maximum Gasteiger partial charge on any atom is 0.0522 e. The van der Waals surface area contributed by atoms with Gasteiger partial charge in [0.15, 0.2) is 0 Å². The Kier molecular flexibility index (Phi) is 4.00. The summed E-state index contributed by atoms with van der Waals surface area (Å²) in [5, 5.41) is 5.60. The molecule has 1 atom stereocenters. The highest BCUT2D eigenvalue weighted by Crippen LogP contribution is 2.34. The molecule has 5 heteroatoms. The van der Waals surface area contributed by atoms with Crippen LogP contribution in [0.2, 0.25) is 0 Å². The highest BCUT2D eigenvalue weighted by atomic mass is 79.9. The first-order chi connectivity index (χ1) is 9.29. The summed E-state index contributed by atoms with van der Waals surface area (Å²) in [6.07, 6.45) is 0.898. The largest absolute Gasteiger partial charge is 0.271 e. The Bertz CT molecular complexity index is 689. The maximum absolute atomic E-state index is 5.77. The van der Waals surface area contributed by atoms with Gasteiger partial charge in [-0.05, 0) is 49.8 Å². The summed E-state index contributed by atoms with van der Waals surface area (Å²) in [5.74, 6) is 5.77. The van der Waals surface area contributed by atoms with Gasteiger partial charge in [0.05, 0.1) is 6.04 Å². The number of hydrogen-bond donors (Lipinski definition) is 2. The van der Waals surface area contributed by atoms with Crippen molar-refractivity contribution in [2.45, 2.75) is 12.5 Å². The Labute approximate surface area is 128 Å². The summed E-state index contributed by atoms with van der Waals surface area (Å²) in [6, 6.07) is 10.7. The second kappa shape index (κ2) is 5.73. The number of hydrogen-bond acceptors (Lipinski definition) is 4. The minimum atomic E-state index is 0.145. The molecule has 98 valence electrons. The van der Waals surface area contributed by atoms with Crippen LogP contribution in [-0.2, 0) is 6.42 Å². The highest BCUT2D eigenvalue weighted by molar-refractivity contribution is 9.10. The lowest BCUT2D eigenvalue weighted by Crippen LogP contribution is -2.29. The fraction of sp³-hybridized carbons (Fsp3) is 0.143. The third-order valence-corrected chi connectivity index (χ3v) is 6.10. The first-order valence-electron chi connectivity index (χ1n) is 5.93. The van der Waals surface area contributed by atoms with Crippen LogP contribution in [0.5, 0.6) is 0 Å². The van der Waals surface area contributed by atoms with Crippen molar-refractivity contribution < 1.29 is 0 Å². The Morgan fingerprint density at radius 3 is 2.79 bits per heavy atom. The highest BCUT2D eigenvalue weighted by Gasteiger charge is 2.16. The number of nitrogens with two attached hydrogens (primary N) is 1. The van der Waals surface area contributed by atoms with Gasteiger partial charge in [0, 0.05) is 20.5 Å². The van der Waals surface area contributed by atoms with Gasteiger partial charge in [-0.1, -0.05) is 18.2 Å². The predicted molar refractivity (Wildman–Crippen MR) is 87.6 cm³/mol. The van der Waals surface area contributed by atoms with Crippen LogP contribution in [0.15, 0.2) is 45.6 Å². The van der Waals surface area contributed by atoms with E-state index in [1.54, 1.807) is 22.7 Å². The summed E-state index contributed by atoms with van der Waals surface area (Å²) in [7, 11) is 0. The lowest BCUT2D eigenvalue weighted by atomic mass is 10.0. The van der Waals surface area contributed by atoms with Crippen LogP contribution in [-0.4, -0.2) is 0 Å². The molecule has 0 saturated heterocycles. The summed E-state index contributed by atoms with van der Waals surface area (Å²) in [5.41, 5.74) is 4.24. The Morgan fingerprint density at radius 2 is 2.05 bits per heavy atom. The molecule has 0 bridgehead atoms. The van der Waals surface area contributed by atoms with Crippen molar-refractivity contribution in [2.75, 3.05) is 0 Å². The van der Waals surface area contributed by atoms with Crippen LogP contribution in [0.25, 0.3) is 10.1 Å². The van der Waals surface area contributed by atoms with Crippen LogP contribution < -0.4 is 11.3 Å². The molecular formula is C14H13BrN2S2. The van der Waals surface area contributed by atoms with Crippen LogP contribution in [0.3, 0.4) is 0 Å². The van der Waals surface area contributed by atoms with Crippen molar-refractivity contribution in [1.29, 1.82) is 0 Å². The van der Waals surface area contributed by atoms with Crippen LogP contribution in [0, 0.1) is 0 Å². The molecule has 2 aromatic heterocycles. The predicted octanol–water partition coefficient (Wildman–Crippen LogP) is 4.47. The fourth-order valence-electron chi connectivity index (χ4n) is 2.18. The summed E-state index contributed by atoms with van der Waals surface area (Å²) < 4.78 is 2.47. The van der Waals surface area contributed by atoms with E-state index < -0.39 is 0 Å². The van der Waals surface area contributed by atoms with Gasteiger partial charge in [0.2, 0.25) is 0 Å². The normalized spacial score (nSPS) is 12.9. The summed E-state index contributed by atoms with van der Waals surface area (Å²) in [4.78, 5) is 1.32. The van der Waals surface area contributed by atoms with E-state index in [1.165, 1.54) is 20.5 Å². The zero-order valence-electron chi connectivity index (χ0n) is 10.1. The van der Waals surface area contributed by atoms with Crippen molar-refractivity contribution in [3.8, 4) is 0 Å². The maximum atomic E-state index is 5.77. The number of thiophene rings is 2. The Morgan fingerprint density at radius 1 is 1.21 bits per heavy atom. The van der Waals surface area contributed by atoms with Crippen molar-refractivity contribution >= 4 is 48.7 Å². The topological polar surface area (TPSA) is 38.0 Å². The number of benzene rings is 1. The van der Waals surface area contributed by atoms with E-state index in [2.05, 4.69) is 62.4 Å². The molecule has 0 saturated carbocycles. The first-order valence-corrected chi connectivity index (χ1v) is 8.49. The van der Waals surface area contributed by atoms with Gasteiger partial charge < -0.3 is 0 Å². The van der Waals surface area contributed by atoms with Crippen molar-refractivity contribution in [3.05, 3.63) is 56.0 Å². The lowest BCUT2D eigenvalue weighted by molar-refractivity contribution is 0.560. The summed E-state index contributed by atoms with van der Waals surface area (Å²) >= 11 is 7.11. The van der Waals surface area contributed by atoms with E-state index in [0.29, 0.717) is 0 Å². The van der Waals surface area contributed by atoms with E-state index in [-0.39, 0.29) is 6.04 Å². The smallest absolute Gasteiger partial charge is 0.0522 e. The average molecular weight is 353 g/mol. The molecule has 3 aromatic rings. The molecule has 0 fully saturated rings. The molecule has 3 N–H and O–H groups in total. The van der Waals surface area contributed by atoms with E-state index >= 15 is 0 Å². The molecular weight excluding hydrogens is 340 g/mol. The number of rotatable bonds is 4. The third kappa shape index (κ3) is 2.61. The molecule has 1 aromatic carbocycles. The van der Waals surface area contributed by atoms with Gasteiger partial charge in [-0.25, -0.2) is 0 Å². The van der Waals surface area contributed by atoms with Gasteiger partial charge in [-0.2, -0.15) is 0 Å². The van der Waals surface area contributed by atoms with Gasteiger partial charge in [0.1, 0.15) is 0 Å². The van der Waals surface area contributed by atoms with Crippen molar-refractivity contribution in [2.24, 2.45) is 5.84 Å². The van der Waals surface area contributed by atoms with E-state index in [9.17, 15) is 0 Å². The molecule has 19 heavy (non-hydrogen) atoms. The van der Waals surface area contributed by atoms with Gasteiger partial charge in [0.25, 0.3) is 0 Å². The lowest BCUT2D eigenvalue weighted by Gasteiger charge is -2.15. The van der Waals surface area contributed by atoms with Crippen molar-refractivity contribution in [1.82, 2.24) is 5.43 Å². The second-order valence-electron chi connectivity index (χ2n) is 4.30. The van der Waals surface area contributed by atoms with Crippen LogP contribution in [0.4, 0.5) is 0 Å². The quantitative estimate of drug-likeness (QED) is 0.536. The molecule has 0 radical (unpaired) electrons. The monoisotopic (exact) mass is 352 g/mol. The minimum Gasteiger partial charge on any atom is -0.271 e. The number of halogens is 1. The zero-order valence-corrected chi connectivity index (χ0v) is 13.3. The standard InChI is InChI=1S/C14H13BrN2S2/c15-11-5-6-18-14(11)7-12(17-16)10-8-19-13-4-2-1-3-9(10)13/h1-6,8,12,17H,7,16H2. The molecule has 0 aliphatic rings. The molecule has 0 aliphatic carbocycles. The zero-order chi connectivity index (χ0) is 13.2. The average Bonchev–Trinajstić information content (AvgIpc) is 3.03. The molecule has 1 unspecified atom stereocenters. The second-order valence-corrected chi connectivity index (χ2v) is 7.07. The molecule has 0 aliphatic heterocycles. The SMILES string of the molecule is NNC(Cc1sccc1Br)c1csc2ccccc12. The Balaban J connectivity index is 1.96. The summed E-state index contributed by atoms with van der Waals surface area (Å²) in [6.45, 7) is 0. The fourth-order valence-corrected chi connectivity index (χ4v) is 4.76. The number of hydrazine groups is 1. The van der Waals surface area contributed by atoms with Gasteiger partial charge >= 0.3 is 0 Å². The van der Waals surface area contributed by atoms with E-state index in [1.807, 2.05) is 0 Å². The first kappa shape index (κ1) is 13.3.